The summed E-state index contributed by atoms with van der Waals surface area (Å²) in [6.07, 6.45) is -0.810. The van der Waals surface area contributed by atoms with Crippen LogP contribution in [0.4, 0.5) is 0 Å². The number of amides is 2. The van der Waals surface area contributed by atoms with Crippen molar-refractivity contribution in [2.75, 3.05) is 6.54 Å². The van der Waals surface area contributed by atoms with Crippen LogP contribution in [0.15, 0.2) is 48.5 Å². The second-order valence-electron chi connectivity index (χ2n) is 7.04. The SMILES string of the molecule is NCC(O)c1ccc2[nH]c3cc(-c4ccccc4Cl)c4c(c3c2c1)C(=O)NC4=O. The average Bonchev–Trinajstić information content (AvgIpc) is 3.23. The molecular formula is C22H16ClN3O3. The Morgan fingerprint density at radius 3 is 2.48 bits per heavy atom. The Kier molecular flexibility index (Phi) is 3.96. The number of rotatable bonds is 3. The molecule has 0 saturated heterocycles. The molecule has 2 amide bonds. The Labute approximate surface area is 170 Å². The van der Waals surface area contributed by atoms with E-state index < -0.39 is 17.9 Å². The number of imide groups is 1. The topological polar surface area (TPSA) is 108 Å². The summed E-state index contributed by atoms with van der Waals surface area (Å²) in [7, 11) is 0. The molecule has 0 fully saturated rings. The Bertz CT molecular complexity index is 1340. The lowest BCUT2D eigenvalue weighted by atomic mass is 9.92. The highest BCUT2D eigenvalue weighted by molar-refractivity contribution is 6.36. The highest BCUT2D eigenvalue weighted by atomic mass is 35.5. The number of aromatic amines is 1. The molecule has 5 rings (SSSR count). The molecular weight excluding hydrogens is 390 g/mol. The third kappa shape index (κ3) is 2.57. The van der Waals surface area contributed by atoms with E-state index in [9.17, 15) is 14.7 Å². The number of halogens is 1. The van der Waals surface area contributed by atoms with E-state index in [-0.39, 0.29) is 6.54 Å². The van der Waals surface area contributed by atoms with Gasteiger partial charge in [-0.3, -0.25) is 14.9 Å². The number of hydrogen-bond donors (Lipinski definition) is 4. The molecule has 0 bridgehead atoms. The predicted octanol–water partition coefficient (Wildman–Crippen LogP) is 3.52. The van der Waals surface area contributed by atoms with Crippen LogP contribution in [0.3, 0.4) is 0 Å². The van der Waals surface area contributed by atoms with Crippen LogP contribution in [-0.2, 0) is 0 Å². The van der Waals surface area contributed by atoms with Crippen molar-refractivity contribution in [1.29, 1.82) is 0 Å². The van der Waals surface area contributed by atoms with Gasteiger partial charge in [0.25, 0.3) is 11.8 Å². The smallest absolute Gasteiger partial charge is 0.259 e. The minimum absolute atomic E-state index is 0.0849. The number of hydrogen-bond acceptors (Lipinski definition) is 4. The van der Waals surface area contributed by atoms with Gasteiger partial charge in [0.05, 0.1) is 17.2 Å². The van der Waals surface area contributed by atoms with Gasteiger partial charge in [-0.1, -0.05) is 35.9 Å². The van der Waals surface area contributed by atoms with Gasteiger partial charge in [-0.25, -0.2) is 0 Å². The number of fused-ring (bicyclic) bond motifs is 5. The van der Waals surface area contributed by atoms with Crippen molar-refractivity contribution in [3.63, 3.8) is 0 Å². The van der Waals surface area contributed by atoms with Gasteiger partial charge in [0.2, 0.25) is 0 Å². The van der Waals surface area contributed by atoms with E-state index >= 15 is 0 Å². The first kappa shape index (κ1) is 17.9. The van der Waals surface area contributed by atoms with Crippen molar-refractivity contribution in [2.45, 2.75) is 6.10 Å². The number of H-pyrrole nitrogens is 1. The van der Waals surface area contributed by atoms with Crippen molar-refractivity contribution in [2.24, 2.45) is 5.73 Å². The van der Waals surface area contributed by atoms with E-state index in [1.165, 1.54) is 0 Å². The third-order valence-corrected chi connectivity index (χ3v) is 5.69. The van der Waals surface area contributed by atoms with Gasteiger partial charge >= 0.3 is 0 Å². The van der Waals surface area contributed by atoms with Crippen LogP contribution < -0.4 is 11.1 Å². The minimum Gasteiger partial charge on any atom is -0.387 e. The fraction of sp³-hybridized carbons (Fsp3) is 0.0909. The maximum atomic E-state index is 12.7. The summed E-state index contributed by atoms with van der Waals surface area (Å²) >= 11 is 6.38. The van der Waals surface area contributed by atoms with Crippen LogP contribution >= 0.6 is 11.6 Å². The number of benzene rings is 3. The maximum absolute atomic E-state index is 12.7. The van der Waals surface area contributed by atoms with Gasteiger partial charge in [0.15, 0.2) is 0 Å². The summed E-state index contributed by atoms with van der Waals surface area (Å²) < 4.78 is 0. The predicted molar refractivity (Wildman–Crippen MR) is 112 cm³/mol. The largest absolute Gasteiger partial charge is 0.387 e. The summed E-state index contributed by atoms with van der Waals surface area (Å²) in [6, 6.07) is 14.5. The molecule has 2 heterocycles. The van der Waals surface area contributed by atoms with Gasteiger partial charge in [0.1, 0.15) is 0 Å². The van der Waals surface area contributed by atoms with Crippen molar-refractivity contribution >= 4 is 45.2 Å². The summed E-state index contributed by atoms with van der Waals surface area (Å²) in [4.78, 5) is 28.7. The van der Waals surface area contributed by atoms with Crippen molar-refractivity contribution in [3.05, 3.63) is 70.2 Å². The molecule has 4 aromatic rings. The first-order valence-corrected chi connectivity index (χ1v) is 9.48. The van der Waals surface area contributed by atoms with Crippen LogP contribution in [0.2, 0.25) is 5.02 Å². The fourth-order valence-electron chi connectivity index (χ4n) is 4.01. The number of nitrogens with two attached hydrogens (primary N) is 1. The standard InChI is InChI=1S/C22H16ClN3O3/c23-14-4-2-1-3-11(14)12-8-16-18(20-19(12)21(28)26-22(20)29)13-7-10(17(27)9-24)5-6-15(13)25-16/h1-8,17,25,27H,9,24H2,(H,26,28,29). The number of aliphatic hydroxyl groups is 1. The first-order valence-electron chi connectivity index (χ1n) is 9.10. The highest BCUT2D eigenvalue weighted by Gasteiger charge is 2.34. The van der Waals surface area contributed by atoms with Gasteiger partial charge in [0, 0.05) is 38.9 Å². The quantitative estimate of drug-likeness (QED) is 0.391. The number of nitrogens with one attached hydrogen (secondary N) is 2. The fourth-order valence-corrected chi connectivity index (χ4v) is 4.25. The molecule has 5 N–H and O–H groups in total. The van der Waals surface area contributed by atoms with Gasteiger partial charge in [-0.15, -0.1) is 0 Å². The number of carbonyl (C=O) groups excluding carboxylic acids is 2. The van der Waals surface area contributed by atoms with Gasteiger partial charge in [-0.05, 0) is 35.4 Å². The van der Waals surface area contributed by atoms with E-state index in [0.717, 1.165) is 10.9 Å². The monoisotopic (exact) mass is 405 g/mol. The molecule has 29 heavy (non-hydrogen) atoms. The summed E-state index contributed by atoms with van der Waals surface area (Å²) in [5.41, 5.74) is 9.62. The third-order valence-electron chi connectivity index (χ3n) is 5.36. The molecule has 1 unspecified atom stereocenters. The molecule has 3 aromatic carbocycles. The Morgan fingerprint density at radius 2 is 1.72 bits per heavy atom. The van der Waals surface area contributed by atoms with E-state index in [4.69, 9.17) is 17.3 Å². The van der Waals surface area contributed by atoms with Crippen LogP contribution in [0.1, 0.15) is 32.4 Å². The molecule has 0 spiro atoms. The van der Waals surface area contributed by atoms with Crippen molar-refractivity contribution < 1.29 is 14.7 Å². The molecule has 0 saturated carbocycles. The Balaban J connectivity index is 1.91. The number of aromatic nitrogens is 1. The lowest BCUT2D eigenvalue weighted by molar-refractivity contribution is 0.0880. The van der Waals surface area contributed by atoms with Crippen molar-refractivity contribution in [1.82, 2.24) is 10.3 Å². The lowest BCUT2D eigenvalue weighted by Crippen LogP contribution is -2.20. The molecule has 1 atom stereocenters. The molecule has 7 heteroatoms. The molecule has 6 nitrogen and oxygen atoms in total. The molecule has 144 valence electrons. The Hall–Kier alpha value is -3.19. The molecule has 1 aliphatic rings. The second kappa shape index (κ2) is 6.42. The molecule has 0 aliphatic carbocycles. The number of aliphatic hydroxyl groups excluding tert-OH is 1. The summed E-state index contributed by atoms with van der Waals surface area (Å²) in [5.74, 6) is -0.899. The van der Waals surface area contributed by atoms with Crippen LogP contribution in [0, 0.1) is 0 Å². The van der Waals surface area contributed by atoms with Gasteiger partial charge < -0.3 is 15.8 Å². The molecule has 1 aliphatic heterocycles. The van der Waals surface area contributed by atoms with Crippen LogP contribution in [0.5, 0.6) is 0 Å². The van der Waals surface area contributed by atoms with Gasteiger partial charge in [-0.2, -0.15) is 0 Å². The zero-order chi connectivity index (χ0) is 20.3. The van der Waals surface area contributed by atoms with Crippen LogP contribution in [-0.4, -0.2) is 28.4 Å². The minimum atomic E-state index is -0.810. The molecule has 0 radical (unpaired) electrons. The zero-order valence-electron chi connectivity index (χ0n) is 15.1. The molecule has 1 aromatic heterocycles. The van der Waals surface area contributed by atoms with E-state index in [1.807, 2.05) is 30.3 Å². The zero-order valence-corrected chi connectivity index (χ0v) is 15.9. The van der Waals surface area contributed by atoms with E-state index in [2.05, 4.69) is 10.3 Å². The van der Waals surface area contributed by atoms with Crippen LogP contribution in [0.25, 0.3) is 32.9 Å². The highest BCUT2D eigenvalue weighted by Crippen LogP contribution is 2.41. The Morgan fingerprint density at radius 1 is 0.966 bits per heavy atom. The number of carbonyl (C=O) groups is 2. The average molecular weight is 406 g/mol. The summed E-state index contributed by atoms with van der Waals surface area (Å²) in [5, 5.41) is 14.4. The summed E-state index contributed by atoms with van der Waals surface area (Å²) in [6.45, 7) is 0.0849. The normalized spacial score (nSPS) is 14.4. The first-order chi connectivity index (χ1) is 14.0. The lowest BCUT2D eigenvalue weighted by Gasteiger charge is -2.10. The van der Waals surface area contributed by atoms with E-state index in [1.54, 1.807) is 18.2 Å². The van der Waals surface area contributed by atoms with E-state index in [0.29, 0.717) is 43.7 Å². The maximum Gasteiger partial charge on any atom is 0.259 e. The second-order valence-corrected chi connectivity index (χ2v) is 7.45. The van der Waals surface area contributed by atoms with Crippen molar-refractivity contribution in [3.8, 4) is 11.1 Å².